The zero-order valence-electron chi connectivity index (χ0n) is 13.1. The van der Waals surface area contributed by atoms with Crippen LogP contribution >= 0.6 is 24.8 Å². The van der Waals surface area contributed by atoms with Crippen LogP contribution in [0.3, 0.4) is 0 Å². The van der Waals surface area contributed by atoms with Gasteiger partial charge in [0.15, 0.2) is 0 Å². The molecule has 0 bridgehead atoms. The summed E-state index contributed by atoms with van der Waals surface area (Å²) in [5.74, 6) is -2.23. The summed E-state index contributed by atoms with van der Waals surface area (Å²) in [6, 6.07) is 3.04. The number of nitrogens with zero attached hydrogens (tertiary/aromatic N) is 2. The van der Waals surface area contributed by atoms with Crippen LogP contribution in [0, 0.1) is 0 Å². The highest BCUT2D eigenvalue weighted by Gasteiger charge is 2.42. The largest absolute Gasteiger partial charge is 0.357 e. The molecule has 136 valence electrons. The number of alkyl halides is 2. The first kappa shape index (κ1) is 20.9. The number of hydrogen-bond donors (Lipinski definition) is 2. The van der Waals surface area contributed by atoms with Crippen LogP contribution in [0.25, 0.3) is 0 Å². The lowest BCUT2D eigenvalue weighted by molar-refractivity contribution is -0.123. The van der Waals surface area contributed by atoms with E-state index in [0.29, 0.717) is 6.54 Å². The summed E-state index contributed by atoms with van der Waals surface area (Å²) >= 11 is 0. The Bertz CT molecular complexity index is 539. The normalized spacial score (nSPS) is 21.8. The van der Waals surface area contributed by atoms with Gasteiger partial charge >= 0.3 is 0 Å². The summed E-state index contributed by atoms with van der Waals surface area (Å²) in [6.45, 7) is 1.93. The zero-order chi connectivity index (χ0) is 15.6. The number of aromatic nitrogens is 1. The molecule has 1 atom stereocenters. The van der Waals surface area contributed by atoms with E-state index in [-0.39, 0.29) is 30.7 Å². The van der Waals surface area contributed by atoms with E-state index in [1.165, 1.54) is 12.8 Å². The summed E-state index contributed by atoms with van der Waals surface area (Å²) in [4.78, 5) is 18.5. The van der Waals surface area contributed by atoms with Crippen LogP contribution in [0.4, 0.5) is 14.6 Å². The molecule has 24 heavy (non-hydrogen) atoms. The molecule has 3 heterocycles. The summed E-state index contributed by atoms with van der Waals surface area (Å²) < 4.78 is 26.1. The van der Waals surface area contributed by atoms with Gasteiger partial charge in [0.2, 0.25) is 5.91 Å². The molecule has 0 aromatic carbocycles. The first-order chi connectivity index (χ1) is 10.5. The van der Waals surface area contributed by atoms with E-state index in [0.717, 1.165) is 24.5 Å². The van der Waals surface area contributed by atoms with Gasteiger partial charge in [-0.15, -0.1) is 24.8 Å². The standard InChI is InChI=1S/C15H20F2N4O.2ClH/c16-15(17)7-12(20-10-15)14(22)19-9-11-3-4-13(18-8-11)21-5-1-2-6-21;;/h3-4,8,12,20H,1-2,5-7,9-10H2,(H,19,22);2*1H. The first-order valence-corrected chi connectivity index (χ1v) is 7.62. The third-order valence-corrected chi connectivity index (χ3v) is 4.13. The lowest BCUT2D eigenvalue weighted by Crippen LogP contribution is -2.40. The monoisotopic (exact) mass is 382 g/mol. The van der Waals surface area contributed by atoms with Crippen molar-refractivity contribution in [1.29, 1.82) is 0 Å². The fraction of sp³-hybridized carbons (Fsp3) is 0.600. The average Bonchev–Trinajstić information content (AvgIpc) is 3.15. The van der Waals surface area contributed by atoms with E-state index in [1.54, 1.807) is 6.20 Å². The molecular weight excluding hydrogens is 361 g/mol. The molecule has 2 aliphatic rings. The minimum Gasteiger partial charge on any atom is -0.357 e. The van der Waals surface area contributed by atoms with Crippen LogP contribution in [-0.2, 0) is 11.3 Å². The lowest BCUT2D eigenvalue weighted by atomic mass is 10.2. The smallest absolute Gasteiger partial charge is 0.262 e. The fourth-order valence-electron chi connectivity index (χ4n) is 2.87. The SMILES string of the molecule is Cl.Cl.O=C(NCc1ccc(N2CCCC2)nc1)C1CC(F)(F)CN1. The molecule has 1 amide bonds. The van der Waals surface area contributed by atoms with Gasteiger partial charge in [0, 0.05) is 32.3 Å². The summed E-state index contributed by atoms with van der Waals surface area (Å²) in [5, 5.41) is 5.22. The van der Waals surface area contributed by atoms with Crippen LogP contribution in [0.5, 0.6) is 0 Å². The van der Waals surface area contributed by atoms with Crippen molar-refractivity contribution >= 4 is 36.5 Å². The molecule has 1 aromatic heterocycles. The van der Waals surface area contributed by atoms with Crippen molar-refractivity contribution in [3.8, 4) is 0 Å². The van der Waals surface area contributed by atoms with Crippen molar-refractivity contribution < 1.29 is 13.6 Å². The molecule has 1 aromatic rings. The number of carbonyl (C=O) groups excluding carboxylic acids is 1. The van der Waals surface area contributed by atoms with E-state index in [9.17, 15) is 13.6 Å². The van der Waals surface area contributed by atoms with Crippen molar-refractivity contribution in [3.05, 3.63) is 23.9 Å². The van der Waals surface area contributed by atoms with Gasteiger partial charge in [-0.3, -0.25) is 10.1 Å². The molecule has 2 saturated heterocycles. The minimum absolute atomic E-state index is 0. The Morgan fingerprint density at radius 3 is 2.58 bits per heavy atom. The highest BCUT2D eigenvalue weighted by atomic mass is 35.5. The van der Waals surface area contributed by atoms with Crippen LogP contribution in [0.1, 0.15) is 24.8 Å². The zero-order valence-corrected chi connectivity index (χ0v) is 14.8. The van der Waals surface area contributed by atoms with Crippen molar-refractivity contribution in [2.45, 2.75) is 37.8 Å². The van der Waals surface area contributed by atoms with Gasteiger partial charge in [-0.2, -0.15) is 0 Å². The van der Waals surface area contributed by atoms with Gasteiger partial charge in [-0.25, -0.2) is 13.8 Å². The summed E-state index contributed by atoms with van der Waals surface area (Å²) in [6.07, 6.45) is 3.67. The predicted octanol–water partition coefficient (Wildman–Crippen LogP) is 2.14. The van der Waals surface area contributed by atoms with E-state index in [1.807, 2.05) is 12.1 Å². The van der Waals surface area contributed by atoms with Gasteiger partial charge in [0.05, 0.1) is 12.6 Å². The Morgan fingerprint density at radius 1 is 1.33 bits per heavy atom. The Kier molecular flexibility index (Phi) is 7.63. The van der Waals surface area contributed by atoms with E-state index in [4.69, 9.17) is 0 Å². The number of hydrogen-bond acceptors (Lipinski definition) is 4. The predicted molar refractivity (Wildman–Crippen MR) is 93.4 cm³/mol. The maximum Gasteiger partial charge on any atom is 0.262 e. The Hall–Kier alpha value is -1.18. The Morgan fingerprint density at radius 2 is 2.04 bits per heavy atom. The molecule has 0 aliphatic carbocycles. The number of anilines is 1. The molecule has 1 unspecified atom stereocenters. The fourth-order valence-corrected chi connectivity index (χ4v) is 2.87. The molecule has 9 heteroatoms. The van der Waals surface area contributed by atoms with Crippen molar-refractivity contribution in [1.82, 2.24) is 15.6 Å². The van der Waals surface area contributed by atoms with Crippen LogP contribution in [0.15, 0.2) is 18.3 Å². The summed E-state index contributed by atoms with van der Waals surface area (Å²) in [5.41, 5.74) is 0.862. The highest BCUT2D eigenvalue weighted by Crippen LogP contribution is 2.25. The molecule has 0 spiro atoms. The van der Waals surface area contributed by atoms with Gasteiger partial charge in [-0.1, -0.05) is 6.07 Å². The lowest BCUT2D eigenvalue weighted by Gasteiger charge is -2.16. The number of halogens is 4. The molecular formula is C15H22Cl2F2N4O. The second-order valence-corrected chi connectivity index (χ2v) is 5.93. The molecule has 0 saturated carbocycles. The van der Waals surface area contributed by atoms with E-state index >= 15 is 0 Å². The second kappa shape index (κ2) is 8.78. The molecule has 2 fully saturated rings. The van der Waals surface area contributed by atoms with E-state index < -0.39 is 24.9 Å². The maximum absolute atomic E-state index is 13.1. The Labute approximate surface area is 152 Å². The van der Waals surface area contributed by atoms with Gasteiger partial charge in [0.25, 0.3) is 5.92 Å². The van der Waals surface area contributed by atoms with Crippen LogP contribution in [0.2, 0.25) is 0 Å². The van der Waals surface area contributed by atoms with Crippen molar-refractivity contribution in [2.75, 3.05) is 24.5 Å². The highest BCUT2D eigenvalue weighted by molar-refractivity contribution is 5.85. The second-order valence-electron chi connectivity index (χ2n) is 5.93. The number of pyridine rings is 1. The molecule has 2 N–H and O–H groups in total. The average molecular weight is 383 g/mol. The summed E-state index contributed by atoms with van der Waals surface area (Å²) in [7, 11) is 0. The van der Waals surface area contributed by atoms with Crippen molar-refractivity contribution in [3.63, 3.8) is 0 Å². The van der Waals surface area contributed by atoms with Crippen molar-refractivity contribution in [2.24, 2.45) is 0 Å². The van der Waals surface area contributed by atoms with Gasteiger partial charge < -0.3 is 10.2 Å². The van der Waals surface area contributed by atoms with Gasteiger partial charge in [0.1, 0.15) is 5.82 Å². The van der Waals surface area contributed by atoms with Crippen LogP contribution < -0.4 is 15.5 Å². The third-order valence-electron chi connectivity index (χ3n) is 4.13. The van der Waals surface area contributed by atoms with Crippen LogP contribution in [-0.4, -0.2) is 42.5 Å². The number of carbonyl (C=O) groups is 1. The minimum atomic E-state index is -2.79. The quantitative estimate of drug-likeness (QED) is 0.837. The maximum atomic E-state index is 13.1. The topological polar surface area (TPSA) is 57.3 Å². The number of rotatable bonds is 4. The first-order valence-electron chi connectivity index (χ1n) is 7.62. The Balaban J connectivity index is 0.00000144. The van der Waals surface area contributed by atoms with E-state index in [2.05, 4.69) is 20.5 Å². The number of nitrogens with one attached hydrogen (secondary N) is 2. The molecule has 5 nitrogen and oxygen atoms in total. The molecule has 3 rings (SSSR count). The molecule has 2 aliphatic heterocycles. The molecule has 0 radical (unpaired) electrons. The third kappa shape index (κ3) is 5.16. The number of amides is 1. The van der Waals surface area contributed by atoms with Gasteiger partial charge in [-0.05, 0) is 24.5 Å².